The number of ether oxygens (including phenoxy) is 1. The van der Waals surface area contributed by atoms with Crippen molar-refractivity contribution in [2.45, 2.75) is 6.18 Å². The number of thiazole rings is 1. The van der Waals surface area contributed by atoms with Crippen LogP contribution in [0.3, 0.4) is 0 Å². The predicted octanol–water partition coefficient (Wildman–Crippen LogP) is 5.76. The Labute approximate surface area is 186 Å². The van der Waals surface area contributed by atoms with Crippen LogP contribution in [-0.2, 0) is 11.0 Å². The fourth-order valence-electron chi connectivity index (χ4n) is 2.76. The first kappa shape index (κ1) is 23.0. The number of carbonyl (C=O) groups is 1. The van der Waals surface area contributed by atoms with Crippen LogP contribution in [0.4, 0.5) is 29.7 Å². The minimum atomic E-state index is -4.48. The summed E-state index contributed by atoms with van der Waals surface area (Å²) in [7, 11) is 1.91. The van der Waals surface area contributed by atoms with Crippen LogP contribution >= 0.6 is 11.3 Å². The first-order chi connectivity index (χ1) is 15.4. The number of rotatable bonds is 6. The molecule has 2 aromatic heterocycles. The van der Waals surface area contributed by atoms with Crippen molar-refractivity contribution in [1.29, 1.82) is 0 Å². The van der Waals surface area contributed by atoms with Crippen molar-refractivity contribution in [3.8, 4) is 5.75 Å². The highest BCUT2D eigenvalue weighted by atomic mass is 32.1. The lowest BCUT2D eigenvalue weighted by Crippen LogP contribution is -2.07. The molecular weight excluding hydrogens is 441 g/mol. The van der Waals surface area contributed by atoms with Gasteiger partial charge in [0.1, 0.15) is 12.4 Å². The van der Waals surface area contributed by atoms with Gasteiger partial charge in [0.25, 0.3) is 0 Å². The smallest absolute Gasteiger partial charge is 0.418 e. The summed E-state index contributed by atoms with van der Waals surface area (Å²) in [5, 5.41) is 9.39. The SMILES string of the molecule is CNc1ccc(Nc2nccs2)cc1.O=CCOc1ccnc2c(C(F)(F)F)cccc12. The van der Waals surface area contributed by atoms with Crippen LogP contribution in [0.5, 0.6) is 5.75 Å². The van der Waals surface area contributed by atoms with Crippen molar-refractivity contribution in [3.05, 3.63) is 71.9 Å². The molecule has 10 heteroatoms. The lowest BCUT2D eigenvalue weighted by atomic mass is 10.1. The maximum atomic E-state index is 12.8. The molecule has 0 aliphatic heterocycles. The summed E-state index contributed by atoms with van der Waals surface area (Å²) in [4.78, 5) is 18.1. The molecular formula is C22H19F3N4O2S. The number of anilines is 3. The molecule has 0 unspecified atom stereocenters. The van der Waals surface area contributed by atoms with Crippen LogP contribution in [0, 0.1) is 0 Å². The number of pyridine rings is 1. The molecule has 32 heavy (non-hydrogen) atoms. The van der Waals surface area contributed by atoms with Crippen molar-refractivity contribution < 1.29 is 22.7 Å². The van der Waals surface area contributed by atoms with E-state index in [4.69, 9.17) is 4.74 Å². The normalized spacial score (nSPS) is 10.8. The third-order valence-corrected chi connectivity index (χ3v) is 4.89. The standard InChI is InChI=1S/C12H8F3NO2.C10H11N3S/c13-12(14,15)9-3-1-2-8-10(18-7-6-17)4-5-16-11(8)9;1-11-8-2-4-9(5-3-8)13-10-12-6-7-14-10/h1-6H,7H2;2-7,11H,1H3,(H,12,13). The molecule has 4 aromatic rings. The van der Waals surface area contributed by atoms with Gasteiger partial charge in [-0.05, 0) is 42.5 Å². The van der Waals surface area contributed by atoms with Crippen molar-refractivity contribution in [3.63, 3.8) is 0 Å². The molecule has 2 heterocycles. The zero-order valence-electron chi connectivity index (χ0n) is 16.9. The van der Waals surface area contributed by atoms with Gasteiger partial charge in [-0.1, -0.05) is 6.07 Å². The first-order valence-corrected chi connectivity index (χ1v) is 10.3. The molecule has 0 amide bonds. The average Bonchev–Trinajstić information content (AvgIpc) is 3.30. The molecule has 0 fully saturated rings. The molecule has 4 rings (SSSR count). The minimum absolute atomic E-state index is 0.187. The molecule has 2 aromatic carbocycles. The summed E-state index contributed by atoms with van der Waals surface area (Å²) in [6.07, 6.45) is -0.942. The topological polar surface area (TPSA) is 76.1 Å². The van der Waals surface area contributed by atoms with Gasteiger partial charge < -0.3 is 15.4 Å². The number of aldehydes is 1. The second-order valence-corrected chi connectivity index (χ2v) is 7.17. The number of hydrogen-bond acceptors (Lipinski definition) is 7. The number of nitrogens with one attached hydrogen (secondary N) is 2. The first-order valence-electron chi connectivity index (χ1n) is 9.38. The van der Waals surface area contributed by atoms with E-state index in [0.29, 0.717) is 6.29 Å². The van der Waals surface area contributed by atoms with Gasteiger partial charge >= 0.3 is 6.18 Å². The second-order valence-electron chi connectivity index (χ2n) is 6.28. The largest absolute Gasteiger partial charge is 0.485 e. The zero-order valence-corrected chi connectivity index (χ0v) is 17.7. The Hall–Kier alpha value is -3.66. The summed E-state index contributed by atoms with van der Waals surface area (Å²) >= 11 is 1.59. The summed E-state index contributed by atoms with van der Waals surface area (Å²) in [6, 6.07) is 13.2. The van der Waals surface area contributed by atoms with Gasteiger partial charge in [0.2, 0.25) is 0 Å². The highest BCUT2D eigenvalue weighted by Gasteiger charge is 2.33. The van der Waals surface area contributed by atoms with Crippen molar-refractivity contribution in [2.24, 2.45) is 0 Å². The zero-order chi connectivity index (χ0) is 23.0. The van der Waals surface area contributed by atoms with E-state index in [1.165, 1.54) is 24.4 Å². The fourth-order valence-corrected chi connectivity index (χ4v) is 3.31. The minimum Gasteiger partial charge on any atom is -0.485 e. The third kappa shape index (κ3) is 5.94. The predicted molar refractivity (Wildman–Crippen MR) is 120 cm³/mol. The van der Waals surface area contributed by atoms with Gasteiger partial charge in [0, 0.05) is 41.6 Å². The van der Waals surface area contributed by atoms with E-state index in [0.717, 1.165) is 22.6 Å². The number of fused-ring (bicyclic) bond motifs is 1. The molecule has 6 nitrogen and oxygen atoms in total. The molecule has 2 N–H and O–H groups in total. The number of halogens is 3. The van der Waals surface area contributed by atoms with E-state index in [1.54, 1.807) is 17.5 Å². The number of hydrogen-bond donors (Lipinski definition) is 2. The molecule has 0 aliphatic carbocycles. The van der Waals surface area contributed by atoms with Crippen molar-refractivity contribution >= 4 is 45.0 Å². The lowest BCUT2D eigenvalue weighted by molar-refractivity contribution is -0.136. The van der Waals surface area contributed by atoms with Crippen LogP contribution in [0.1, 0.15) is 5.56 Å². The van der Waals surface area contributed by atoms with Gasteiger partial charge in [0.05, 0.1) is 11.1 Å². The molecule has 0 atom stereocenters. The monoisotopic (exact) mass is 460 g/mol. The number of para-hydroxylation sites is 1. The summed E-state index contributed by atoms with van der Waals surface area (Å²) in [5.74, 6) is 0.207. The average molecular weight is 460 g/mol. The van der Waals surface area contributed by atoms with Crippen LogP contribution in [0.25, 0.3) is 10.9 Å². The molecule has 0 saturated heterocycles. The van der Waals surface area contributed by atoms with Crippen molar-refractivity contribution in [1.82, 2.24) is 9.97 Å². The Bertz CT molecular complexity index is 1150. The van der Waals surface area contributed by atoms with Crippen LogP contribution in [0.2, 0.25) is 0 Å². The lowest BCUT2D eigenvalue weighted by Gasteiger charge is -2.11. The quantitative estimate of drug-likeness (QED) is 0.356. The Morgan fingerprint density at radius 1 is 1.03 bits per heavy atom. The van der Waals surface area contributed by atoms with Gasteiger partial charge in [-0.3, -0.25) is 9.78 Å². The van der Waals surface area contributed by atoms with E-state index in [9.17, 15) is 18.0 Å². The maximum absolute atomic E-state index is 12.8. The van der Waals surface area contributed by atoms with Crippen LogP contribution in [0.15, 0.2) is 66.3 Å². The number of alkyl halides is 3. The highest BCUT2D eigenvalue weighted by molar-refractivity contribution is 7.13. The summed E-state index contributed by atoms with van der Waals surface area (Å²) in [6.45, 7) is -0.213. The maximum Gasteiger partial charge on any atom is 0.418 e. The van der Waals surface area contributed by atoms with E-state index in [2.05, 4.69) is 20.6 Å². The fraction of sp³-hybridized carbons (Fsp3) is 0.136. The van der Waals surface area contributed by atoms with Crippen LogP contribution < -0.4 is 15.4 Å². The van der Waals surface area contributed by atoms with Crippen LogP contribution in [-0.4, -0.2) is 29.9 Å². The molecule has 0 bridgehead atoms. The molecule has 0 aliphatic rings. The van der Waals surface area contributed by atoms with E-state index < -0.39 is 11.7 Å². The Balaban J connectivity index is 0.000000186. The third-order valence-electron chi connectivity index (χ3n) is 4.20. The van der Waals surface area contributed by atoms with E-state index in [1.807, 2.05) is 36.7 Å². The van der Waals surface area contributed by atoms with Gasteiger partial charge in [-0.25, -0.2) is 4.98 Å². The van der Waals surface area contributed by atoms with Gasteiger partial charge in [-0.2, -0.15) is 13.2 Å². The number of nitrogens with zero attached hydrogens (tertiary/aromatic N) is 2. The highest BCUT2D eigenvalue weighted by Crippen LogP contribution is 2.36. The number of carbonyl (C=O) groups excluding carboxylic acids is 1. The molecule has 0 radical (unpaired) electrons. The van der Waals surface area contributed by atoms with Crippen molar-refractivity contribution in [2.75, 3.05) is 24.3 Å². The van der Waals surface area contributed by atoms with Gasteiger partial charge in [-0.15, -0.1) is 11.3 Å². The number of aromatic nitrogens is 2. The molecule has 0 spiro atoms. The Kier molecular flexibility index (Phi) is 7.61. The molecule has 0 saturated carbocycles. The Morgan fingerprint density at radius 2 is 1.78 bits per heavy atom. The van der Waals surface area contributed by atoms with E-state index >= 15 is 0 Å². The number of benzene rings is 2. The summed E-state index contributed by atoms with van der Waals surface area (Å²) < 4.78 is 43.4. The Morgan fingerprint density at radius 3 is 2.41 bits per heavy atom. The molecule has 166 valence electrons. The van der Waals surface area contributed by atoms with E-state index in [-0.39, 0.29) is 23.3 Å². The second kappa shape index (κ2) is 10.6. The summed E-state index contributed by atoms with van der Waals surface area (Å²) in [5.41, 5.74) is 1.15. The van der Waals surface area contributed by atoms with Gasteiger partial charge in [0.15, 0.2) is 11.4 Å².